The largest absolute Gasteiger partial charge is 0.497 e. The van der Waals surface area contributed by atoms with Gasteiger partial charge >= 0.3 is 29.8 Å². The van der Waals surface area contributed by atoms with Crippen LogP contribution in [-0.4, -0.2) is 85.8 Å². The quantitative estimate of drug-likeness (QED) is 0.0212. The van der Waals surface area contributed by atoms with E-state index in [1.165, 1.54) is 111 Å². The van der Waals surface area contributed by atoms with E-state index in [9.17, 15) is 28.8 Å². The van der Waals surface area contributed by atoms with Crippen LogP contribution in [0, 0.1) is 5.41 Å². The zero-order valence-electron chi connectivity index (χ0n) is 78.0. The number of hydrogen-bond donors (Lipinski definition) is 0. The number of benzene rings is 8. The van der Waals surface area contributed by atoms with Gasteiger partial charge in [0, 0.05) is 63.5 Å². The number of aryl methyl sites for hydroxylation is 2. The van der Waals surface area contributed by atoms with Crippen molar-refractivity contribution in [3.63, 3.8) is 0 Å². The van der Waals surface area contributed by atoms with Gasteiger partial charge in [-0.05, 0) is 150 Å². The first-order valence-corrected chi connectivity index (χ1v) is 46.4. The first kappa shape index (κ1) is 114. The zero-order chi connectivity index (χ0) is 90.3. The Morgan fingerprint density at radius 2 is 0.752 bits per heavy atom. The average Bonchev–Trinajstić information content (AvgIpc) is 1.76. The Labute approximate surface area is 714 Å². The smallest absolute Gasteiger partial charge is 0.303 e. The normalized spacial score (nSPS) is 10.6. The molecule has 117 heavy (non-hydrogen) atoms. The van der Waals surface area contributed by atoms with Gasteiger partial charge in [-0.25, -0.2) is 0 Å². The predicted molar refractivity (Wildman–Crippen MR) is 504 cm³/mol. The predicted octanol–water partition coefficient (Wildman–Crippen LogP) is 26.9. The lowest BCUT2D eigenvalue weighted by Crippen LogP contribution is -2.32. The maximum atomic E-state index is 11.0. The van der Waals surface area contributed by atoms with Gasteiger partial charge in [-0.1, -0.05) is 361 Å². The molecule has 0 aromatic heterocycles. The van der Waals surface area contributed by atoms with Crippen molar-refractivity contribution >= 4 is 53.2 Å². The molecule has 9 rings (SSSR count). The van der Waals surface area contributed by atoms with Crippen LogP contribution in [0.4, 0.5) is 0 Å². The second kappa shape index (κ2) is 64.6. The van der Waals surface area contributed by atoms with Crippen LogP contribution in [0.25, 0.3) is 11.1 Å². The molecule has 0 spiro atoms. The average molecular weight is 1640 g/mol. The molecule has 0 heterocycles. The standard InChI is InChI=1S/C20H18.C16H14O2.C9H10O2.C9H12O.C8H18O2Si.C8H10.C7H18Si.C6H12O2.C5H8O2.C5H12.C5H10.C3H6O.C2H6/c1-20(17-11-5-2-6-12-17,18-13-7-3-8-14-18)19-15-9-4-10-16-19;1-11(17)18-10-16-14-8-4-2-6-12(14)13-7-3-5-9-15(13)16;1-8(10)11-7-9-5-3-2-4-6-9;1-3-8-4-6-9(10-2)7-5-8;1-7(9)10-5-6-11-8(2,3)4;1-2-8-6-4-3-5-7-8;1-7(2,3)8(4,5)6;1-5(7)8-6(2,3)4;1-3-4-7-5(2)6;1-5(2,3)4;1-3-5-4-2;1-3(2)4;1-2/h2-16H,1H3;2-9,16H,10H2,1H3;2-6H,7H2,1H3;4-7H,3H2,1-2H3;5-6,11H2,1-4H3;3-7H,2H2,1H3;1-6H3;1-4H3;3H,1,4H2,2H3;1-4H3;3H,1,4-5H2,2H3;1-2H3;1-2H3. The second-order valence-corrected chi connectivity index (χ2v) is 42.7. The molecule has 0 saturated heterocycles. The SMILES string of the molecule is C=CCCC.C=CCOC(C)=O.CC.CC(=O)OC(C)(C)C.CC(=O)OCC1c2ccccc2-c2ccccc21.CC(=O)OCC[SiH2]C(C)(C)C.CC(=O)OCc1ccccc1.CC(C)(C)C.CC(C)(C)[Si](C)(C)C.CC(C)=O.CC(c1ccccc1)(c1ccccc1)c1ccccc1.CCc1ccc(OC)cc1.CCc1ccccc1. The molecule has 0 radical (unpaired) electrons. The lowest BCUT2D eigenvalue weighted by atomic mass is 9.71. The van der Waals surface area contributed by atoms with Crippen LogP contribution in [-0.2, 0) is 77.3 Å². The molecule has 14 heteroatoms. The number of ketones is 1. The van der Waals surface area contributed by atoms with E-state index in [4.69, 9.17) is 23.7 Å². The second-order valence-electron chi connectivity index (χ2n) is 33.3. The molecule has 0 unspecified atom stereocenters. The summed E-state index contributed by atoms with van der Waals surface area (Å²) in [5.74, 6) is 0.148. The number of fused-ring (bicyclic) bond motifs is 3. The van der Waals surface area contributed by atoms with Crippen molar-refractivity contribution in [1.29, 1.82) is 0 Å². The Bertz CT molecular complexity index is 3690. The van der Waals surface area contributed by atoms with E-state index in [2.05, 4.69) is 286 Å². The van der Waals surface area contributed by atoms with Gasteiger partial charge in [-0.15, -0.1) is 6.58 Å². The van der Waals surface area contributed by atoms with Crippen molar-refractivity contribution in [3.05, 3.63) is 294 Å². The third-order valence-electron chi connectivity index (χ3n) is 16.5. The molecule has 0 amide bonds. The summed E-state index contributed by atoms with van der Waals surface area (Å²) in [5, 5.41) is 1.06. The van der Waals surface area contributed by atoms with E-state index < -0.39 is 8.07 Å². The van der Waals surface area contributed by atoms with Gasteiger partial charge in [0.25, 0.3) is 0 Å². The summed E-state index contributed by atoms with van der Waals surface area (Å²) in [6.07, 6.45) is 8.07. The lowest BCUT2D eigenvalue weighted by molar-refractivity contribution is -0.152. The number of methoxy groups -OCH3 is 1. The van der Waals surface area contributed by atoms with E-state index in [0.717, 1.165) is 36.6 Å². The molecule has 0 aliphatic heterocycles. The number of ether oxygens (including phenoxy) is 6. The van der Waals surface area contributed by atoms with Gasteiger partial charge in [0.2, 0.25) is 0 Å². The summed E-state index contributed by atoms with van der Waals surface area (Å²) >= 11 is 0. The Hall–Kier alpha value is -9.51. The first-order valence-electron chi connectivity index (χ1n) is 41.2. The Kier molecular flexibility index (Phi) is 62.8. The number of carbonyl (C=O) groups excluding carboxylic acids is 6. The van der Waals surface area contributed by atoms with Crippen LogP contribution in [0.2, 0.25) is 35.8 Å². The molecule has 0 saturated carbocycles. The van der Waals surface area contributed by atoms with E-state index in [1.54, 1.807) is 7.11 Å². The highest BCUT2D eigenvalue weighted by Gasteiger charge is 2.32. The van der Waals surface area contributed by atoms with Crippen LogP contribution in [0.5, 0.6) is 5.75 Å². The molecule has 1 aliphatic carbocycles. The number of esters is 5. The third kappa shape index (κ3) is 62.4. The molecule has 0 atom stereocenters. The van der Waals surface area contributed by atoms with E-state index in [-0.39, 0.29) is 62.1 Å². The monoisotopic (exact) mass is 1640 g/mol. The highest BCUT2D eigenvalue weighted by atomic mass is 28.3. The maximum absolute atomic E-state index is 11.0. The Balaban J connectivity index is -0.000000612. The summed E-state index contributed by atoms with van der Waals surface area (Å²) in [6, 6.07) is 78.0. The van der Waals surface area contributed by atoms with Crippen LogP contribution >= 0.6 is 0 Å². The first-order chi connectivity index (χ1) is 54.7. The van der Waals surface area contributed by atoms with Gasteiger partial charge in [0.15, 0.2) is 0 Å². The zero-order valence-corrected chi connectivity index (χ0v) is 80.4. The fourth-order valence-electron chi connectivity index (χ4n) is 9.42. The molecule has 0 N–H and O–H groups in total. The van der Waals surface area contributed by atoms with Crippen LogP contribution in [0.15, 0.2) is 250 Å². The van der Waals surface area contributed by atoms with Crippen molar-refractivity contribution in [1.82, 2.24) is 0 Å². The molecule has 1 aliphatic rings. The van der Waals surface area contributed by atoms with Gasteiger partial charge < -0.3 is 33.2 Å². The van der Waals surface area contributed by atoms with Gasteiger partial charge in [-0.3, -0.25) is 24.0 Å². The number of carbonyl (C=O) groups is 6. The molecular weight excluding hydrogens is 1490 g/mol. The number of hydrogen-bond acceptors (Lipinski definition) is 12. The Morgan fingerprint density at radius 3 is 1.00 bits per heavy atom. The highest BCUT2D eigenvalue weighted by molar-refractivity contribution is 6.78. The molecule has 8 aromatic rings. The van der Waals surface area contributed by atoms with Crippen molar-refractivity contribution < 1.29 is 57.2 Å². The number of rotatable bonds is 17. The van der Waals surface area contributed by atoms with E-state index in [0.29, 0.717) is 41.9 Å². The summed E-state index contributed by atoms with van der Waals surface area (Å²) < 4.78 is 29.1. The van der Waals surface area contributed by atoms with Gasteiger partial charge in [-0.2, -0.15) is 0 Å². The molecule has 8 aromatic carbocycles. The van der Waals surface area contributed by atoms with Crippen LogP contribution in [0.3, 0.4) is 0 Å². The fraction of sp³-hybridized carbons (Fsp3) is 0.437. The summed E-state index contributed by atoms with van der Waals surface area (Å²) in [6.45, 7) is 66.8. The maximum Gasteiger partial charge on any atom is 0.303 e. The van der Waals surface area contributed by atoms with Crippen molar-refractivity contribution in [2.75, 3.05) is 26.9 Å². The molecule has 0 fully saturated rings. The number of Topliss-reactive ketones (excluding diaryl/α,β-unsaturated/α-hetero) is 1. The van der Waals surface area contributed by atoms with Gasteiger partial charge in [0.05, 0.1) is 13.7 Å². The molecular formula is C103H154O12Si2. The highest BCUT2D eigenvalue weighted by Crippen LogP contribution is 2.45. The van der Waals surface area contributed by atoms with Crippen LogP contribution in [0.1, 0.15) is 243 Å². The summed E-state index contributed by atoms with van der Waals surface area (Å²) in [5.41, 5.74) is 12.8. The minimum atomic E-state index is -0.859. The van der Waals surface area contributed by atoms with E-state index in [1.807, 2.05) is 113 Å². The molecule has 646 valence electrons. The lowest BCUT2D eigenvalue weighted by Gasteiger charge is -2.32. The molecule has 0 bridgehead atoms. The van der Waals surface area contributed by atoms with Crippen molar-refractivity contribution in [2.24, 2.45) is 5.41 Å². The van der Waals surface area contributed by atoms with Crippen LogP contribution < -0.4 is 4.74 Å². The van der Waals surface area contributed by atoms with Crippen molar-refractivity contribution in [2.45, 2.75) is 265 Å². The number of unbranched alkanes of at least 4 members (excludes halogenated alkanes) is 1. The Morgan fingerprint density at radius 1 is 0.427 bits per heavy atom. The third-order valence-corrected chi connectivity index (χ3v) is 23.2. The summed E-state index contributed by atoms with van der Waals surface area (Å²) in [4.78, 5) is 61.4. The minimum Gasteiger partial charge on any atom is -0.497 e. The topological polar surface area (TPSA) is 158 Å². The fourth-order valence-corrected chi connectivity index (χ4v) is 10.8. The van der Waals surface area contributed by atoms with Gasteiger partial charge in [0.1, 0.15) is 37.0 Å². The molecule has 12 nitrogen and oxygen atoms in total. The summed E-state index contributed by atoms with van der Waals surface area (Å²) in [7, 11) is 0.752. The van der Waals surface area contributed by atoms with Crippen molar-refractivity contribution in [3.8, 4) is 16.9 Å². The minimum absolute atomic E-state index is 0.0706. The van der Waals surface area contributed by atoms with E-state index >= 15 is 0 Å². The number of allylic oxidation sites excluding steroid dienone is 1.